The van der Waals surface area contributed by atoms with Gasteiger partial charge in [-0.05, 0) is 37.8 Å². The van der Waals surface area contributed by atoms with Gasteiger partial charge in [-0.2, -0.15) is 0 Å². The molecule has 15 heavy (non-hydrogen) atoms. The Morgan fingerprint density at radius 2 is 1.87 bits per heavy atom. The highest BCUT2D eigenvalue weighted by molar-refractivity contribution is 4.83. The Labute approximate surface area is 95.2 Å². The van der Waals surface area contributed by atoms with Crippen molar-refractivity contribution >= 4 is 0 Å². The van der Waals surface area contributed by atoms with Crippen LogP contribution in [0.25, 0.3) is 0 Å². The van der Waals surface area contributed by atoms with Gasteiger partial charge in [0.05, 0.1) is 0 Å². The van der Waals surface area contributed by atoms with E-state index >= 15 is 0 Å². The lowest BCUT2D eigenvalue weighted by Gasteiger charge is -2.40. The van der Waals surface area contributed by atoms with Gasteiger partial charge in [0.1, 0.15) is 0 Å². The van der Waals surface area contributed by atoms with E-state index in [1.807, 2.05) is 0 Å². The van der Waals surface area contributed by atoms with Gasteiger partial charge in [-0.3, -0.25) is 0 Å². The topological polar surface area (TPSA) is 29.3 Å². The van der Waals surface area contributed by atoms with E-state index in [4.69, 9.17) is 5.73 Å². The zero-order valence-corrected chi connectivity index (χ0v) is 10.9. The summed E-state index contributed by atoms with van der Waals surface area (Å²) >= 11 is 0. The van der Waals surface area contributed by atoms with Crippen LogP contribution >= 0.6 is 0 Å². The summed E-state index contributed by atoms with van der Waals surface area (Å²) in [7, 11) is 2.27. The van der Waals surface area contributed by atoms with Crippen molar-refractivity contribution in [1.82, 2.24) is 4.90 Å². The molecule has 1 aliphatic rings. The maximum absolute atomic E-state index is 5.79. The van der Waals surface area contributed by atoms with Crippen molar-refractivity contribution < 1.29 is 0 Å². The van der Waals surface area contributed by atoms with E-state index in [-0.39, 0.29) is 5.41 Å². The normalized spacial score (nSPS) is 28.4. The number of nitrogens with zero attached hydrogens (tertiary/aromatic N) is 1. The first kappa shape index (κ1) is 13.0. The summed E-state index contributed by atoms with van der Waals surface area (Å²) in [5.74, 6) is 0.859. The fraction of sp³-hybridized carbons (Fsp3) is 1.00. The molecule has 0 saturated heterocycles. The molecule has 0 spiro atoms. The zero-order chi connectivity index (χ0) is 11.5. The largest absolute Gasteiger partial charge is 0.330 e. The smallest absolute Gasteiger partial charge is 0.0118 e. The first-order valence-electron chi connectivity index (χ1n) is 6.36. The second-order valence-electron chi connectivity index (χ2n) is 6.11. The van der Waals surface area contributed by atoms with Gasteiger partial charge in [0.15, 0.2) is 0 Å². The summed E-state index contributed by atoms with van der Waals surface area (Å²) in [4.78, 5) is 2.54. The van der Waals surface area contributed by atoms with Gasteiger partial charge in [0.25, 0.3) is 0 Å². The summed E-state index contributed by atoms with van der Waals surface area (Å²) in [6.07, 6.45) is 5.60. The molecular formula is C13H28N2. The number of nitrogens with two attached hydrogens (primary N) is 1. The Hall–Kier alpha value is -0.0800. The molecule has 2 unspecified atom stereocenters. The van der Waals surface area contributed by atoms with E-state index < -0.39 is 0 Å². The van der Waals surface area contributed by atoms with E-state index in [0.717, 1.165) is 25.0 Å². The van der Waals surface area contributed by atoms with Crippen LogP contribution in [0.4, 0.5) is 0 Å². The summed E-state index contributed by atoms with van der Waals surface area (Å²) in [6.45, 7) is 8.82. The second-order valence-corrected chi connectivity index (χ2v) is 6.11. The van der Waals surface area contributed by atoms with Crippen LogP contribution in [-0.4, -0.2) is 31.1 Å². The molecular weight excluding hydrogens is 184 g/mol. The Balaban J connectivity index is 2.48. The Kier molecular flexibility index (Phi) is 4.60. The van der Waals surface area contributed by atoms with Crippen molar-refractivity contribution in [2.24, 2.45) is 17.1 Å². The summed E-state index contributed by atoms with van der Waals surface area (Å²) in [5, 5.41) is 0. The van der Waals surface area contributed by atoms with E-state index in [1.165, 1.54) is 25.7 Å². The predicted octanol–water partition coefficient (Wildman–Crippen LogP) is 2.48. The van der Waals surface area contributed by atoms with Crippen LogP contribution in [0, 0.1) is 11.3 Å². The molecule has 90 valence electrons. The number of hydrogen-bond acceptors (Lipinski definition) is 2. The maximum atomic E-state index is 5.79. The zero-order valence-electron chi connectivity index (χ0n) is 10.9. The average Bonchev–Trinajstić information content (AvgIpc) is 2.17. The molecule has 2 atom stereocenters. The molecule has 0 heterocycles. The molecule has 0 amide bonds. The highest BCUT2D eigenvalue weighted by Crippen LogP contribution is 2.29. The van der Waals surface area contributed by atoms with Crippen LogP contribution in [0.1, 0.15) is 46.5 Å². The van der Waals surface area contributed by atoms with Gasteiger partial charge in [-0.15, -0.1) is 0 Å². The standard InChI is InChI=1S/C13H28N2/c1-11-7-5-6-8-12(11)15(4)10-13(2,3)9-14/h11-12H,5-10,14H2,1-4H3. The molecule has 1 rings (SSSR count). The molecule has 2 heteroatoms. The fourth-order valence-electron chi connectivity index (χ4n) is 2.81. The molecule has 1 aliphatic carbocycles. The molecule has 0 aromatic rings. The van der Waals surface area contributed by atoms with Crippen molar-refractivity contribution in [2.45, 2.75) is 52.5 Å². The monoisotopic (exact) mass is 212 g/mol. The van der Waals surface area contributed by atoms with Crippen LogP contribution in [0.3, 0.4) is 0 Å². The van der Waals surface area contributed by atoms with Crippen LogP contribution in [0.2, 0.25) is 0 Å². The Morgan fingerprint density at radius 1 is 1.27 bits per heavy atom. The lowest BCUT2D eigenvalue weighted by Crippen LogP contribution is -2.45. The van der Waals surface area contributed by atoms with Gasteiger partial charge in [0.2, 0.25) is 0 Å². The van der Waals surface area contributed by atoms with Gasteiger partial charge in [-0.1, -0.05) is 33.6 Å². The third-order valence-electron chi connectivity index (χ3n) is 3.86. The Morgan fingerprint density at radius 3 is 2.40 bits per heavy atom. The molecule has 0 aromatic carbocycles. The minimum absolute atomic E-state index is 0.256. The van der Waals surface area contributed by atoms with Gasteiger partial charge in [0, 0.05) is 12.6 Å². The highest BCUT2D eigenvalue weighted by Gasteiger charge is 2.28. The van der Waals surface area contributed by atoms with Crippen LogP contribution in [0.5, 0.6) is 0 Å². The van der Waals surface area contributed by atoms with Crippen LogP contribution in [0.15, 0.2) is 0 Å². The minimum atomic E-state index is 0.256. The first-order chi connectivity index (χ1) is 6.96. The van der Waals surface area contributed by atoms with Crippen molar-refractivity contribution in [3.8, 4) is 0 Å². The third-order valence-corrected chi connectivity index (χ3v) is 3.86. The predicted molar refractivity (Wildman–Crippen MR) is 66.9 cm³/mol. The number of rotatable bonds is 4. The molecule has 0 bridgehead atoms. The lowest BCUT2D eigenvalue weighted by molar-refractivity contribution is 0.100. The van der Waals surface area contributed by atoms with Crippen molar-refractivity contribution in [3.63, 3.8) is 0 Å². The minimum Gasteiger partial charge on any atom is -0.330 e. The number of hydrogen-bond donors (Lipinski definition) is 1. The van der Waals surface area contributed by atoms with E-state index in [9.17, 15) is 0 Å². The van der Waals surface area contributed by atoms with Crippen molar-refractivity contribution in [3.05, 3.63) is 0 Å². The van der Waals surface area contributed by atoms with Crippen molar-refractivity contribution in [1.29, 1.82) is 0 Å². The first-order valence-corrected chi connectivity index (χ1v) is 6.36. The van der Waals surface area contributed by atoms with Crippen molar-refractivity contribution in [2.75, 3.05) is 20.1 Å². The molecule has 2 nitrogen and oxygen atoms in total. The molecule has 1 saturated carbocycles. The lowest BCUT2D eigenvalue weighted by atomic mass is 9.83. The average molecular weight is 212 g/mol. The SMILES string of the molecule is CC1CCCCC1N(C)CC(C)(C)CN. The van der Waals surface area contributed by atoms with Gasteiger partial charge < -0.3 is 10.6 Å². The van der Waals surface area contributed by atoms with Gasteiger partial charge in [-0.25, -0.2) is 0 Å². The molecule has 0 aliphatic heterocycles. The van der Waals surface area contributed by atoms with E-state index in [2.05, 4.69) is 32.7 Å². The summed E-state index contributed by atoms with van der Waals surface area (Å²) in [5.41, 5.74) is 6.05. The van der Waals surface area contributed by atoms with E-state index in [0.29, 0.717) is 0 Å². The maximum Gasteiger partial charge on any atom is 0.0118 e. The third kappa shape index (κ3) is 3.76. The summed E-state index contributed by atoms with van der Waals surface area (Å²) in [6, 6.07) is 0.782. The van der Waals surface area contributed by atoms with Gasteiger partial charge >= 0.3 is 0 Å². The van der Waals surface area contributed by atoms with Crippen LogP contribution in [-0.2, 0) is 0 Å². The second kappa shape index (κ2) is 5.31. The highest BCUT2D eigenvalue weighted by atomic mass is 15.1. The molecule has 1 fully saturated rings. The summed E-state index contributed by atoms with van der Waals surface area (Å²) < 4.78 is 0. The molecule has 2 N–H and O–H groups in total. The Bertz CT molecular complexity index is 189. The van der Waals surface area contributed by atoms with E-state index in [1.54, 1.807) is 0 Å². The van der Waals surface area contributed by atoms with Crippen LogP contribution < -0.4 is 5.73 Å². The quantitative estimate of drug-likeness (QED) is 0.776. The molecule has 0 radical (unpaired) electrons. The molecule has 0 aromatic heterocycles. The fourth-order valence-corrected chi connectivity index (χ4v) is 2.81.